The third-order valence-corrected chi connectivity index (χ3v) is 2.07. The van der Waals surface area contributed by atoms with E-state index in [1.54, 1.807) is 6.92 Å². The maximum absolute atomic E-state index is 13.0. The summed E-state index contributed by atoms with van der Waals surface area (Å²) >= 11 is 0. The number of hydrogen-bond acceptors (Lipinski definition) is 2. The van der Waals surface area contributed by atoms with Crippen molar-refractivity contribution in [1.29, 1.82) is 0 Å². The van der Waals surface area contributed by atoms with Crippen LogP contribution in [0.4, 0.5) is 4.39 Å². The Bertz CT molecular complexity index is 328. The zero-order valence-corrected chi connectivity index (χ0v) is 7.90. The Hall–Kier alpha value is -1.45. The number of carbonyl (C=O) groups is 1. The van der Waals surface area contributed by atoms with Gasteiger partial charge >= 0.3 is 5.97 Å². The van der Waals surface area contributed by atoms with Crippen molar-refractivity contribution in [2.45, 2.75) is 19.8 Å². The van der Waals surface area contributed by atoms with E-state index in [1.165, 1.54) is 18.3 Å². The van der Waals surface area contributed by atoms with Gasteiger partial charge in [-0.05, 0) is 25.0 Å². The molecule has 0 aliphatic carbocycles. The van der Waals surface area contributed by atoms with E-state index in [4.69, 9.17) is 5.11 Å². The number of aromatic nitrogens is 1. The molecule has 1 aromatic heterocycles. The number of hydrogen-bond donors (Lipinski definition) is 1. The highest BCUT2D eigenvalue weighted by Crippen LogP contribution is 2.10. The first-order valence-corrected chi connectivity index (χ1v) is 4.43. The molecule has 0 aliphatic heterocycles. The van der Waals surface area contributed by atoms with Gasteiger partial charge in [0.25, 0.3) is 0 Å². The van der Waals surface area contributed by atoms with Gasteiger partial charge in [0, 0.05) is 6.20 Å². The molecular weight excluding hydrogens is 185 g/mol. The highest BCUT2D eigenvalue weighted by molar-refractivity contribution is 5.69. The smallest absolute Gasteiger partial charge is 0.306 e. The first-order valence-electron chi connectivity index (χ1n) is 4.43. The minimum atomic E-state index is -0.860. The summed E-state index contributed by atoms with van der Waals surface area (Å²) in [6.45, 7) is 1.60. The van der Waals surface area contributed by atoms with Crippen molar-refractivity contribution < 1.29 is 14.3 Å². The lowest BCUT2D eigenvalue weighted by molar-refractivity contribution is -0.141. The topological polar surface area (TPSA) is 50.2 Å². The summed E-state index contributed by atoms with van der Waals surface area (Å²) in [4.78, 5) is 14.3. The number of nitrogens with zero attached hydrogens (tertiary/aromatic N) is 1. The fraction of sp³-hybridized carbons (Fsp3) is 0.400. The highest BCUT2D eigenvalue weighted by atomic mass is 19.1. The summed E-state index contributed by atoms with van der Waals surface area (Å²) < 4.78 is 13.0. The van der Waals surface area contributed by atoms with E-state index in [9.17, 15) is 9.18 Å². The van der Waals surface area contributed by atoms with Crippen LogP contribution in [0.3, 0.4) is 0 Å². The van der Waals surface area contributed by atoms with Crippen molar-refractivity contribution >= 4 is 5.97 Å². The molecule has 1 heterocycles. The number of aliphatic carboxylic acids is 1. The molecule has 1 atom stereocenters. The zero-order chi connectivity index (χ0) is 10.6. The van der Waals surface area contributed by atoms with Crippen molar-refractivity contribution in [2.24, 2.45) is 5.92 Å². The standard InChI is InChI=1S/C10H12FNO2/c1-7(10(13)14)4-5-9-8(11)3-2-6-12-9/h2-3,6-7H,4-5H2,1H3,(H,13,14). The van der Waals surface area contributed by atoms with Crippen molar-refractivity contribution in [3.05, 3.63) is 29.8 Å². The van der Waals surface area contributed by atoms with Crippen LogP contribution in [0.5, 0.6) is 0 Å². The molecule has 1 aromatic rings. The van der Waals surface area contributed by atoms with Crippen LogP contribution in [0.25, 0.3) is 0 Å². The van der Waals surface area contributed by atoms with Crippen LogP contribution in [-0.2, 0) is 11.2 Å². The predicted octanol–water partition coefficient (Wildman–Crippen LogP) is 1.87. The monoisotopic (exact) mass is 197 g/mol. The van der Waals surface area contributed by atoms with Crippen molar-refractivity contribution in [2.75, 3.05) is 0 Å². The average Bonchev–Trinajstić information content (AvgIpc) is 2.16. The molecule has 1 rings (SSSR count). The molecule has 3 nitrogen and oxygen atoms in total. The first-order chi connectivity index (χ1) is 6.61. The van der Waals surface area contributed by atoms with Gasteiger partial charge in [-0.1, -0.05) is 6.92 Å². The number of pyridine rings is 1. The van der Waals surface area contributed by atoms with Crippen molar-refractivity contribution in [1.82, 2.24) is 4.98 Å². The Balaban J connectivity index is 2.54. The molecule has 0 aliphatic rings. The van der Waals surface area contributed by atoms with Gasteiger partial charge in [-0.3, -0.25) is 9.78 Å². The van der Waals surface area contributed by atoms with Crippen LogP contribution in [0.2, 0.25) is 0 Å². The lowest BCUT2D eigenvalue weighted by Crippen LogP contribution is -2.11. The first kappa shape index (κ1) is 10.6. The molecule has 14 heavy (non-hydrogen) atoms. The van der Waals surface area contributed by atoms with Gasteiger partial charge in [-0.25, -0.2) is 4.39 Å². The molecule has 0 fully saturated rings. The van der Waals surface area contributed by atoms with Crippen LogP contribution in [0.15, 0.2) is 18.3 Å². The quantitative estimate of drug-likeness (QED) is 0.801. The summed E-state index contributed by atoms with van der Waals surface area (Å²) in [6, 6.07) is 2.84. The van der Waals surface area contributed by atoms with Crippen LogP contribution in [0, 0.1) is 11.7 Å². The second-order valence-electron chi connectivity index (χ2n) is 3.21. The van der Waals surface area contributed by atoms with E-state index in [1.807, 2.05) is 0 Å². The van der Waals surface area contributed by atoms with Crippen LogP contribution in [0.1, 0.15) is 19.0 Å². The van der Waals surface area contributed by atoms with E-state index in [-0.39, 0.29) is 5.82 Å². The van der Waals surface area contributed by atoms with E-state index in [0.717, 1.165) is 0 Å². The fourth-order valence-electron chi connectivity index (χ4n) is 1.08. The third kappa shape index (κ3) is 2.80. The van der Waals surface area contributed by atoms with Crippen molar-refractivity contribution in [3.8, 4) is 0 Å². The second-order valence-corrected chi connectivity index (χ2v) is 3.21. The van der Waals surface area contributed by atoms with E-state index >= 15 is 0 Å². The molecule has 0 aromatic carbocycles. The molecule has 0 saturated carbocycles. The SMILES string of the molecule is CC(CCc1ncccc1F)C(=O)O. The van der Waals surface area contributed by atoms with Gasteiger partial charge in [0.2, 0.25) is 0 Å². The molecule has 0 spiro atoms. The number of carboxylic acids is 1. The van der Waals surface area contributed by atoms with Gasteiger partial charge in [-0.2, -0.15) is 0 Å². The number of halogens is 1. The minimum absolute atomic E-state index is 0.334. The van der Waals surface area contributed by atoms with Crippen LogP contribution >= 0.6 is 0 Å². The molecule has 1 unspecified atom stereocenters. The number of rotatable bonds is 4. The Morgan fingerprint density at radius 2 is 2.43 bits per heavy atom. The van der Waals surface area contributed by atoms with Crippen LogP contribution < -0.4 is 0 Å². The lowest BCUT2D eigenvalue weighted by atomic mass is 10.0. The molecule has 0 radical (unpaired) electrons. The molecule has 76 valence electrons. The number of carboxylic acid groups (broad SMARTS) is 1. The zero-order valence-electron chi connectivity index (χ0n) is 7.90. The van der Waals surface area contributed by atoms with Crippen LogP contribution in [-0.4, -0.2) is 16.1 Å². The third-order valence-electron chi connectivity index (χ3n) is 2.07. The molecular formula is C10H12FNO2. The maximum atomic E-state index is 13.0. The van der Waals surface area contributed by atoms with Gasteiger partial charge in [0.15, 0.2) is 0 Å². The van der Waals surface area contributed by atoms with Gasteiger partial charge in [-0.15, -0.1) is 0 Å². The highest BCUT2D eigenvalue weighted by Gasteiger charge is 2.12. The summed E-state index contributed by atoms with van der Waals surface area (Å²) in [6.07, 6.45) is 2.27. The maximum Gasteiger partial charge on any atom is 0.306 e. The Morgan fingerprint density at radius 3 is 3.00 bits per heavy atom. The Kier molecular flexibility index (Phi) is 3.56. The van der Waals surface area contributed by atoms with Gasteiger partial charge < -0.3 is 5.11 Å². The predicted molar refractivity (Wildman–Crippen MR) is 49.3 cm³/mol. The molecule has 0 amide bonds. The minimum Gasteiger partial charge on any atom is -0.481 e. The van der Waals surface area contributed by atoms with E-state index < -0.39 is 11.9 Å². The Labute approximate surface area is 81.6 Å². The summed E-state index contributed by atoms with van der Waals surface area (Å²) in [5, 5.41) is 8.62. The summed E-state index contributed by atoms with van der Waals surface area (Å²) in [5.41, 5.74) is 0.334. The van der Waals surface area contributed by atoms with E-state index in [0.29, 0.717) is 18.5 Å². The Morgan fingerprint density at radius 1 is 1.71 bits per heavy atom. The second kappa shape index (κ2) is 4.69. The molecule has 0 bridgehead atoms. The molecule has 4 heteroatoms. The largest absolute Gasteiger partial charge is 0.481 e. The average molecular weight is 197 g/mol. The lowest BCUT2D eigenvalue weighted by Gasteiger charge is -2.05. The summed E-state index contributed by atoms with van der Waals surface area (Å²) in [5.74, 6) is -1.69. The van der Waals surface area contributed by atoms with Crippen molar-refractivity contribution in [3.63, 3.8) is 0 Å². The summed E-state index contributed by atoms with van der Waals surface area (Å²) in [7, 11) is 0. The molecule has 1 N–H and O–H groups in total. The fourth-order valence-corrected chi connectivity index (χ4v) is 1.08. The normalized spacial score (nSPS) is 12.4. The number of aryl methyl sites for hydroxylation is 1. The van der Waals surface area contributed by atoms with Gasteiger partial charge in [0.05, 0.1) is 11.6 Å². The molecule has 0 saturated heterocycles. The van der Waals surface area contributed by atoms with Gasteiger partial charge in [0.1, 0.15) is 5.82 Å². The van der Waals surface area contributed by atoms with E-state index in [2.05, 4.69) is 4.98 Å².